The predicted octanol–water partition coefficient (Wildman–Crippen LogP) is -0.140. The highest BCUT2D eigenvalue weighted by molar-refractivity contribution is 5.80. The Balaban J connectivity index is 1.79. The number of methoxy groups -OCH3 is 1. The molecule has 104 valence electrons. The molecule has 1 heterocycles. The molecule has 0 unspecified atom stereocenters. The van der Waals surface area contributed by atoms with Crippen molar-refractivity contribution in [1.29, 1.82) is 0 Å². The molecule has 8 nitrogen and oxygen atoms in total. The van der Waals surface area contributed by atoms with Crippen LogP contribution in [0.25, 0.3) is 0 Å². The quantitative estimate of drug-likeness (QED) is 0.590. The zero-order valence-corrected chi connectivity index (χ0v) is 11.1. The van der Waals surface area contributed by atoms with Gasteiger partial charge in [0.2, 0.25) is 17.8 Å². The van der Waals surface area contributed by atoms with Crippen molar-refractivity contribution in [2.24, 2.45) is 5.92 Å². The van der Waals surface area contributed by atoms with Crippen LogP contribution in [0.15, 0.2) is 0 Å². The third-order valence-corrected chi connectivity index (χ3v) is 2.68. The minimum atomic E-state index is 0.131. The maximum atomic E-state index is 11.4. The number of hydrogen-bond donors (Lipinski definition) is 3. The summed E-state index contributed by atoms with van der Waals surface area (Å²) >= 11 is 0. The summed E-state index contributed by atoms with van der Waals surface area (Å²) < 4.78 is 4.97. The Morgan fingerprint density at radius 3 is 2.63 bits per heavy atom. The van der Waals surface area contributed by atoms with E-state index >= 15 is 0 Å². The molecule has 1 aromatic heterocycles. The Morgan fingerprint density at radius 2 is 2.00 bits per heavy atom. The number of anilines is 2. The SMILES string of the molecule is CNc1nc(NCCNC(=O)C2CC2)nc(OC)n1. The molecule has 8 heteroatoms. The monoisotopic (exact) mass is 266 g/mol. The first-order chi connectivity index (χ1) is 9.22. The summed E-state index contributed by atoms with van der Waals surface area (Å²) in [6.45, 7) is 1.09. The fourth-order valence-electron chi connectivity index (χ4n) is 1.49. The van der Waals surface area contributed by atoms with E-state index in [0.29, 0.717) is 25.0 Å². The highest BCUT2D eigenvalue weighted by atomic mass is 16.5. The first-order valence-corrected chi connectivity index (χ1v) is 6.22. The average molecular weight is 266 g/mol. The second kappa shape index (κ2) is 6.17. The lowest BCUT2D eigenvalue weighted by atomic mass is 10.4. The van der Waals surface area contributed by atoms with E-state index in [-0.39, 0.29) is 17.8 Å². The lowest BCUT2D eigenvalue weighted by Gasteiger charge is -2.08. The first-order valence-electron chi connectivity index (χ1n) is 6.22. The summed E-state index contributed by atoms with van der Waals surface area (Å²) in [4.78, 5) is 23.6. The molecular weight excluding hydrogens is 248 g/mol. The van der Waals surface area contributed by atoms with Crippen LogP contribution in [-0.4, -0.2) is 48.1 Å². The van der Waals surface area contributed by atoms with Crippen molar-refractivity contribution in [3.63, 3.8) is 0 Å². The van der Waals surface area contributed by atoms with E-state index in [4.69, 9.17) is 4.74 Å². The van der Waals surface area contributed by atoms with Gasteiger partial charge >= 0.3 is 6.01 Å². The molecule has 0 aromatic carbocycles. The van der Waals surface area contributed by atoms with Crippen molar-refractivity contribution in [3.05, 3.63) is 0 Å². The standard InChI is InChI=1S/C11H18N6O2/c1-12-9-15-10(17-11(16-9)19-2)14-6-5-13-8(18)7-3-4-7/h7H,3-6H2,1-2H3,(H,13,18)(H2,12,14,15,16,17). The molecule has 0 atom stereocenters. The van der Waals surface area contributed by atoms with E-state index in [0.717, 1.165) is 12.8 Å². The van der Waals surface area contributed by atoms with Gasteiger partial charge in [-0.3, -0.25) is 4.79 Å². The highest BCUT2D eigenvalue weighted by Crippen LogP contribution is 2.28. The summed E-state index contributed by atoms with van der Waals surface area (Å²) in [6.07, 6.45) is 2.02. The summed E-state index contributed by atoms with van der Waals surface area (Å²) in [5, 5.41) is 8.69. The van der Waals surface area contributed by atoms with Crippen molar-refractivity contribution in [3.8, 4) is 6.01 Å². The third kappa shape index (κ3) is 3.94. The molecule has 19 heavy (non-hydrogen) atoms. The van der Waals surface area contributed by atoms with Crippen LogP contribution in [0.1, 0.15) is 12.8 Å². The third-order valence-electron chi connectivity index (χ3n) is 2.68. The number of amides is 1. The Hall–Kier alpha value is -2.12. The molecule has 2 rings (SSSR count). The molecule has 0 aliphatic heterocycles. The van der Waals surface area contributed by atoms with Crippen LogP contribution < -0.4 is 20.7 Å². The van der Waals surface area contributed by atoms with Crippen molar-refractivity contribution in [1.82, 2.24) is 20.3 Å². The van der Waals surface area contributed by atoms with Gasteiger partial charge in [0.25, 0.3) is 0 Å². The van der Waals surface area contributed by atoms with Crippen LogP contribution in [0.5, 0.6) is 6.01 Å². The van der Waals surface area contributed by atoms with E-state index in [1.165, 1.54) is 7.11 Å². The summed E-state index contributed by atoms with van der Waals surface area (Å²) in [5.74, 6) is 1.20. The minimum absolute atomic E-state index is 0.131. The predicted molar refractivity (Wildman–Crippen MR) is 70.1 cm³/mol. The van der Waals surface area contributed by atoms with Crippen LogP contribution in [-0.2, 0) is 4.79 Å². The molecule has 0 radical (unpaired) electrons. The number of hydrogen-bond acceptors (Lipinski definition) is 7. The topological polar surface area (TPSA) is 101 Å². The van der Waals surface area contributed by atoms with Crippen LogP contribution in [0.3, 0.4) is 0 Å². The van der Waals surface area contributed by atoms with Crippen LogP contribution >= 0.6 is 0 Å². The van der Waals surface area contributed by atoms with Crippen molar-refractivity contribution >= 4 is 17.8 Å². The zero-order chi connectivity index (χ0) is 13.7. The van der Waals surface area contributed by atoms with E-state index in [9.17, 15) is 4.79 Å². The number of carbonyl (C=O) groups excluding carboxylic acids is 1. The van der Waals surface area contributed by atoms with Crippen LogP contribution in [0.4, 0.5) is 11.9 Å². The van der Waals surface area contributed by atoms with Crippen molar-refractivity contribution in [2.45, 2.75) is 12.8 Å². The normalized spacial score (nSPS) is 13.8. The van der Waals surface area contributed by atoms with Crippen LogP contribution in [0.2, 0.25) is 0 Å². The Labute approximate surface area is 111 Å². The second-order valence-electron chi connectivity index (χ2n) is 4.21. The number of ether oxygens (including phenoxy) is 1. The lowest BCUT2D eigenvalue weighted by Crippen LogP contribution is -2.30. The lowest BCUT2D eigenvalue weighted by molar-refractivity contribution is -0.122. The fraction of sp³-hybridized carbons (Fsp3) is 0.636. The largest absolute Gasteiger partial charge is 0.467 e. The maximum Gasteiger partial charge on any atom is 0.322 e. The Morgan fingerprint density at radius 1 is 1.26 bits per heavy atom. The fourth-order valence-corrected chi connectivity index (χ4v) is 1.49. The van der Waals surface area contributed by atoms with Gasteiger partial charge in [0.1, 0.15) is 0 Å². The van der Waals surface area contributed by atoms with Gasteiger partial charge in [-0.25, -0.2) is 0 Å². The molecule has 0 saturated heterocycles. The van der Waals surface area contributed by atoms with Gasteiger partial charge in [-0.15, -0.1) is 0 Å². The van der Waals surface area contributed by atoms with E-state index in [2.05, 4.69) is 30.9 Å². The van der Waals surface area contributed by atoms with Gasteiger partial charge in [-0.05, 0) is 12.8 Å². The van der Waals surface area contributed by atoms with Gasteiger partial charge in [-0.1, -0.05) is 0 Å². The number of carbonyl (C=O) groups is 1. The Bertz CT molecular complexity index is 427. The van der Waals surface area contributed by atoms with Gasteiger partial charge in [0.15, 0.2) is 0 Å². The summed E-state index contributed by atoms with van der Waals surface area (Å²) in [7, 11) is 3.21. The molecule has 1 aromatic rings. The summed E-state index contributed by atoms with van der Waals surface area (Å²) in [6, 6.07) is 0.240. The van der Waals surface area contributed by atoms with Gasteiger partial charge in [-0.2, -0.15) is 15.0 Å². The van der Waals surface area contributed by atoms with Gasteiger partial charge < -0.3 is 20.7 Å². The molecule has 1 saturated carbocycles. The number of nitrogens with zero attached hydrogens (tertiary/aromatic N) is 3. The minimum Gasteiger partial charge on any atom is -0.467 e. The number of aromatic nitrogens is 3. The van der Waals surface area contributed by atoms with E-state index in [1.807, 2.05) is 0 Å². The van der Waals surface area contributed by atoms with Crippen molar-refractivity contribution < 1.29 is 9.53 Å². The molecule has 1 aliphatic carbocycles. The summed E-state index contributed by atoms with van der Waals surface area (Å²) in [5.41, 5.74) is 0. The molecule has 3 N–H and O–H groups in total. The van der Waals surface area contributed by atoms with Crippen LogP contribution in [0, 0.1) is 5.92 Å². The smallest absolute Gasteiger partial charge is 0.322 e. The number of nitrogens with one attached hydrogen (secondary N) is 3. The zero-order valence-electron chi connectivity index (χ0n) is 11.1. The molecule has 1 aliphatic rings. The second-order valence-corrected chi connectivity index (χ2v) is 4.21. The van der Waals surface area contributed by atoms with E-state index in [1.54, 1.807) is 7.05 Å². The molecular formula is C11H18N6O2. The maximum absolute atomic E-state index is 11.4. The molecule has 0 bridgehead atoms. The molecule has 1 fully saturated rings. The molecule has 1 amide bonds. The molecule has 0 spiro atoms. The van der Waals surface area contributed by atoms with Crippen molar-refractivity contribution in [2.75, 3.05) is 37.9 Å². The van der Waals surface area contributed by atoms with Gasteiger partial charge in [0.05, 0.1) is 7.11 Å². The average Bonchev–Trinajstić information content (AvgIpc) is 3.27. The van der Waals surface area contributed by atoms with E-state index < -0.39 is 0 Å². The number of rotatable bonds is 7. The highest BCUT2D eigenvalue weighted by Gasteiger charge is 2.28. The first kappa shape index (κ1) is 13.3. The Kier molecular flexibility index (Phi) is 4.32. The van der Waals surface area contributed by atoms with Gasteiger partial charge in [0, 0.05) is 26.1 Å².